The van der Waals surface area contributed by atoms with Crippen LogP contribution in [0.2, 0.25) is 0 Å². The Balaban J connectivity index is 1.84. The van der Waals surface area contributed by atoms with Crippen LogP contribution in [0.1, 0.15) is 81.1 Å². The lowest BCUT2D eigenvalue weighted by Crippen LogP contribution is -2.08. The minimum Gasteiger partial charge on any atom is -0.494 e. The summed E-state index contributed by atoms with van der Waals surface area (Å²) in [5.41, 5.74) is 1.80. The Morgan fingerprint density at radius 2 is 1.52 bits per heavy atom. The molecule has 2 aromatic rings. The minimum atomic E-state index is -0.348. The maximum Gasteiger partial charge on any atom is 0.343 e. The van der Waals surface area contributed by atoms with Gasteiger partial charge in [0.15, 0.2) is 0 Å². The van der Waals surface area contributed by atoms with Crippen LogP contribution in [0, 0.1) is 0 Å². The highest BCUT2D eigenvalue weighted by atomic mass is 16.5. The molecule has 0 aliphatic carbocycles. The van der Waals surface area contributed by atoms with E-state index in [1.807, 2.05) is 36.4 Å². The van der Waals surface area contributed by atoms with Crippen molar-refractivity contribution in [1.82, 2.24) is 0 Å². The third kappa shape index (κ3) is 7.09. The molecule has 0 saturated carbocycles. The largest absolute Gasteiger partial charge is 0.494 e. The van der Waals surface area contributed by atoms with Crippen LogP contribution >= 0.6 is 0 Å². The molecule has 0 saturated heterocycles. The summed E-state index contributed by atoms with van der Waals surface area (Å²) in [7, 11) is 0. The second kappa shape index (κ2) is 11.4. The molecule has 0 fully saturated rings. The molecule has 1 atom stereocenters. The highest BCUT2D eigenvalue weighted by Gasteiger charge is 2.10. The summed E-state index contributed by atoms with van der Waals surface area (Å²) in [6.45, 7) is 7.32. The Labute approximate surface area is 163 Å². The van der Waals surface area contributed by atoms with E-state index in [-0.39, 0.29) is 5.97 Å². The van der Waals surface area contributed by atoms with E-state index < -0.39 is 0 Å². The predicted octanol–water partition coefficient (Wildman–Crippen LogP) is 6.77. The van der Waals surface area contributed by atoms with Gasteiger partial charge in [-0.05, 0) is 60.7 Å². The number of carbonyl (C=O) groups excluding carboxylic acids is 1. The fourth-order valence-electron chi connectivity index (χ4n) is 3.04. The van der Waals surface area contributed by atoms with E-state index in [1.165, 1.54) is 24.8 Å². The summed E-state index contributed by atoms with van der Waals surface area (Å²) < 4.78 is 11.2. The Morgan fingerprint density at radius 3 is 2.15 bits per heavy atom. The van der Waals surface area contributed by atoms with Crippen molar-refractivity contribution >= 4 is 5.97 Å². The van der Waals surface area contributed by atoms with Crippen LogP contribution in [0.15, 0.2) is 48.5 Å². The van der Waals surface area contributed by atoms with Gasteiger partial charge in [-0.25, -0.2) is 4.79 Å². The molecule has 0 radical (unpaired) electrons. The van der Waals surface area contributed by atoms with Crippen molar-refractivity contribution in [2.45, 2.75) is 65.2 Å². The van der Waals surface area contributed by atoms with E-state index in [9.17, 15) is 4.79 Å². The lowest BCUT2D eigenvalue weighted by atomic mass is 9.97. The van der Waals surface area contributed by atoms with Crippen LogP contribution < -0.4 is 9.47 Å². The van der Waals surface area contributed by atoms with Crippen molar-refractivity contribution in [2.24, 2.45) is 0 Å². The first-order valence-electron chi connectivity index (χ1n) is 10.2. The van der Waals surface area contributed by atoms with Gasteiger partial charge in [0.2, 0.25) is 0 Å². The standard InChI is InChI=1S/C24H32O3/c1-4-6-7-8-18-26-22-14-12-21(13-15-22)24(25)27-23-16-10-20(11-17-23)19(3)9-5-2/h10-17,19H,4-9,18H2,1-3H3/t19-/m0/s1. The highest BCUT2D eigenvalue weighted by molar-refractivity contribution is 5.91. The quantitative estimate of drug-likeness (QED) is 0.249. The van der Waals surface area contributed by atoms with E-state index in [4.69, 9.17) is 9.47 Å². The third-order valence-electron chi connectivity index (χ3n) is 4.74. The van der Waals surface area contributed by atoms with Crippen LogP contribution in [0.25, 0.3) is 0 Å². The molecule has 2 aromatic carbocycles. The van der Waals surface area contributed by atoms with Gasteiger partial charge in [0, 0.05) is 0 Å². The maximum absolute atomic E-state index is 12.3. The zero-order valence-electron chi connectivity index (χ0n) is 16.9. The predicted molar refractivity (Wildman–Crippen MR) is 111 cm³/mol. The molecule has 0 aliphatic heterocycles. The Hall–Kier alpha value is -2.29. The van der Waals surface area contributed by atoms with Crippen LogP contribution in [-0.2, 0) is 0 Å². The molecular weight excluding hydrogens is 336 g/mol. The van der Waals surface area contributed by atoms with Crippen molar-refractivity contribution in [3.05, 3.63) is 59.7 Å². The van der Waals surface area contributed by atoms with E-state index in [1.54, 1.807) is 12.1 Å². The van der Waals surface area contributed by atoms with Crippen molar-refractivity contribution in [2.75, 3.05) is 6.61 Å². The molecule has 0 unspecified atom stereocenters. The zero-order chi connectivity index (χ0) is 19.5. The molecular formula is C24H32O3. The SMILES string of the molecule is CCCCCCOc1ccc(C(=O)Oc2ccc([C@@H](C)CCC)cc2)cc1. The van der Waals surface area contributed by atoms with Crippen LogP contribution in [0.5, 0.6) is 11.5 Å². The number of unbranched alkanes of at least 4 members (excludes halogenated alkanes) is 3. The van der Waals surface area contributed by atoms with Crippen molar-refractivity contribution < 1.29 is 14.3 Å². The third-order valence-corrected chi connectivity index (χ3v) is 4.74. The average Bonchev–Trinajstić information content (AvgIpc) is 2.69. The Morgan fingerprint density at radius 1 is 0.852 bits per heavy atom. The van der Waals surface area contributed by atoms with Crippen molar-refractivity contribution in [3.8, 4) is 11.5 Å². The summed E-state index contributed by atoms with van der Waals surface area (Å²) in [6.07, 6.45) is 7.04. The maximum atomic E-state index is 12.3. The molecule has 0 amide bonds. The molecule has 0 aromatic heterocycles. The van der Waals surface area contributed by atoms with Crippen LogP contribution in [0.3, 0.4) is 0 Å². The van der Waals surface area contributed by atoms with Gasteiger partial charge in [0.25, 0.3) is 0 Å². The van der Waals surface area contributed by atoms with Crippen molar-refractivity contribution in [1.29, 1.82) is 0 Å². The molecule has 0 spiro atoms. The van der Waals surface area contributed by atoms with Gasteiger partial charge in [0.1, 0.15) is 11.5 Å². The van der Waals surface area contributed by atoms with Crippen LogP contribution in [-0.4, -0.2) is 12.6 Å². The molecule has 3 heteroatoms. The van der Waals surface area contributed by atoms with Gasteiger partial charge in [-0.3, -0.25) is 0 Å². The van der Waals surface area contributed by atoms with E-state index in [0.717, 1.165) is 25.0 Å². The Bertz CT molecular complexity index is 674. The fourth-order valence-corrected chi connectivity index (χ4v) is 3.04. The van der Waals surface area contributed by atoms with Gasteiger partial charge >= 0.3 is 5.97 Å². The van der Waals surface area contributed by atoms with Gasteiger partial charge in [-0.2, -0.15) is 0 Å². The molecule has 0 heterocycles. The normalized spacial score (nSPS) is 11.8. The Kier molecular flexibility index (Phi) is 8.90. The molecule has 3 nitrogen and oxygen atoms in total. The molecule has 0 bridgehead atoms. The average molecular weight is 369 g/mol. The lowest BCUT2D eigenvalue weighted by Gasteiger charge is -2.11. The number of ether oxygens (including phenoxy) is 2. The van der Waals surface area contributed by atoms with Gasteiger partial charge in [-0.1, -0.05) is 58.6 Å². The van der Waals surface area contributed by atoms with Crippen LogP contribution in [0.4, 0.5) is 0 Å². The number of hydrogen-bond donors (Lipinski definition) is 0. The topological polar surface area (TPSA) is 35.5 Å². The molecule has 0 N–H and O–H groups in total. The number of hydrogen-bond acceptors (Lipinski definition) is 3. The monoisotopic (exact) mass is 368 g/mol. The molecule has 0 aliphatic rings. The van der Waals surface area contributed by atoms with Gasteiger partial charge < -0.3 is 9.47 Å². The molecule has 2 rings (SSSR count). The summed E-state index contributed by atoms with van der Waals surface area (Å²) in [5.74, 6) is 1.54. The van der Waals surface area contributed by atoms with E-state index in [2.05, 4.69) is 20.8 Å². The summed E-state index contributed by atoms with van der Waals surface area (Å²) in [6, 6.07) is 15.0. The molecule has 27 heavy (non-hydrogen) atoms. The smallest absolute Gasteiger partial charge is 0.343 e. The minimum absolute atomic E-state index is 0.348. The number of carbonyl (C=O) groups is 1. The number of benzene rings is 2. The van der Waals surface area contributed by atoms with Crippen molar-refractivity contribution in [3.63, 3.8) is 0 Å². The second-order valence-corrected chi connectivity index (χ2v) is 7.08. The fraction of sp³-hybridized carbons (Fsp3) is 0.458. The van der Waals surface area contributed by atoms with E-state index >= 15 is 0 Å². The molecule has 146 valence electrons. The number of rotatable bonds is 11. The first-order chi connectivity index (χ1) is 13.1. The summed E-state index contributed by atoms with van der Waals surface area (Å²) in [4.78, 5) is 12.3. The first kappa shape index (κ1) is 21.0. The number of esters is 1. The highest BCUT2D eigenvalue weighted by Crippen LogP contribution is 2.23. The lowest BCUT2D eigenvalue weighted by molar-refractivity contribution is 0.0734. The van der Waals surface area contributed by atoms with Gasteiger partial charge in [0.05, 0.1) is 12.2 Å². The zero-order valence-corrected chi connectivity index (χ0v) is 16.9. The summed E-state index contributed by atoms with van der Waals surface area (Å²) in [5, 5.41) is 0. The second-order valence-electron chi connectivity index (χ2n) is 7.08. The van der Waals surface area contributed by atoms with Gasteiger partial charge in [-0.15, -0.1) is 0 Å². The first-order valence-corrected chi connectivity index (χ1v) is 10.2. The summed E-state index contributed by atoms with van der Waals surface area (Å²) >= 11 is 0. The van der Waals surface area contributed by atoms with E-state index in [0.29, 0.717) is 23.8 Å².